The van der Waals surface area contributed by atoms with Crippen molar-refractivity contribution in [2.45, 2.75) is 27.7 Å². The molecule has 0 saturated heterocycles. The smallest absolute Gasteiger partial charge is 0.130 e. The summed E-state index contributed by atoms with van der Waals surface area (Å²) in [5, 5.41) is 17.8. The summed E-state index contributed by atoms with van der Waals surface area (Å²) in [7, 11) is 0. The van der Waals surface area contributed by atoms with Crippen LogP contribution in [0.1, 0.15) is 33.3 Å². The molecule has 4 nitrogen and oxygen atoms in total. The Bertz CT molecular complexity index is 850. The van der Waals surface area contributed by atoms with Crippen LogP contribution in [0.5, 0.6) is 5.75 Å². The summed E-state index contributed by atoms with van der Waals surface area (Å²) >= 11 is 0. The zero-order valence-corrected chi connectivity index (χ0v) is 17.0. The molecule has 144 valence electrons. The van der Waals surface area contributed by atoms with Gasteiger partial charge in [0, 0.05) is 17.9 Å². The molecule has 0 aliphatic carbocycles. The van der Waals surface area contributed by atoms with Gasteiger partial charge in [0.2, 0.25) is 0 Å². The largest absolute Gasteiger partial charge is 0.493 e. The Morgan fingerprint density at radius 1 is 0.893 bits per heavy atom. The number of hydrogen-bond donors (Lipinski definition) is 0. The van der Waals surface area contributed by atoms with Crippen LogP contribution < -0.4 is 9.64 Å². The fraction of sp³-hybridized carbons (Fsp3) is 0.333. The van der Waals surface area contributed by atoms with Gasteiger partial charge >= 0.3 is 0 Å². The molecule has 0 saturated carbocycles. The zero-order chi connectivity index (χ0) is 20.5. The van der Waals surface area contributed by atoms with Gasteiger partial charge in [0.1, 0.15) is 23.5 Å². The van der Waals surface area contributed by atoms with E-state index in [0.717, 1.165) is 29.2 Å². The Morgan fingerprint density at radius 3 is 1.89 bits per heavy atom. The quantitative estimate of drug-likeness (QED) is 0.537. The first kappa shape index (κ1) is 21.1. The summed E-state index contributed by atoms with van der Waals surface area (Å²) in [5.74, 6) is 1.86. The minimum Gasteiger partial charge on any atom is -0.493 e. The molecule has 0 radical (unpaired) electrons. The average molecular weight is 374 g/mol. The topological polar surface area (TPSA) is 60.0 Å². The molecule has 0 heterocycles. The van der Waals surface area contributed by atoms with E-state index in [2.05, 4.69) is 44.7 Å². The molecule has 0 fully saturated rings. The van der Waals surface area contributed by atoms with E-state index < -0.39 is 0 Å². The predicted octanol–water partition coefficient (Wildman–Crippen LogP) is 5.95. The molecule has 0 unspecified atom stereocenters. The molecule has 0 amide bonds. The fourth-order valence-electron chi connectivity index (χ4n) is 2.72. The van der Waals surface area contributed by atoms with E-state index in [4.69, 9.17) is 15.3 Å². The lowest BCUT2D eigenvalue weighted by atomic mass is 10.1. The standard InChI is InChI=1S/C24H27N3O/c1-18(2)16-27(23-9-11-24(12-10-23)28-17-19(3)4)22-7-5-20(6-8-22)13-21(14-25)15-26/h5-13,18-19H,16-17H2,1-4H3. The van der Waals surface area contributed by atoms with Crippen LogP contribution in [0.4, 0.5) is 11.4 Å². The first-order valence-electron chi connectivity index (χ1n) is 9.55. The Balaban J connectivity index is 2.25. The van der Waals surface area contributed by atoms with E-state index in [1.807, 2.05) is 48.5 Å². The van der Waals surface area contributed by atoms with Crippen LogP contribution in [0.2, 0.25) is 0 Å². The molecular formula is C24H27N3O. The Morgan fingerprint density at radius 2 is 1.43 bits per heavy atom. The van der Waals surface area contributed by atoms with Crippen molar-refractivity contribution in [1.82, 2.24) is 0 Å². The van der Waals surface area contributed by atoms with Gasteiger partial charge in [0.15, 0.2) is 0 Å². The van der Waals surface area contributed by atoms with Crippen molar-refractivity contribution in [3.63, 3.8) is 0 Å². The molecule has 0 aliphatic heterocycles. The summed E-state index contributed by atoms with van der Waals surface area (Å²) in [6, 6.07) is 19.8. The number of allylic oxidation sites excluding steroid dienone is 1. The lowest BCUT2D eigenvalue weighted by molar-refractivity contribution is 0.271. The van der Waals surface area contributed by atoms with Crippen LogP contribution >= 0.6 is 0 Å². The molecule has 0 spiro atoms. The van der Waals surface area contributed by atoms with Crippen molar-refractivity contribution in [1.29, 1.82) is 10.5 Å². The van der Waals surface area contributed by atoms with Crippen molar-refractivity contribution in [2.24, 2.45) is 11.8 Å². The molecule has 2 aromatic carbocycles. The summed E-state index contributed by atoms with van der Waals surface area (Å²) < 4.78 is 5.79. The molecule has 0 bridgehead atoms. The molecule has 28 heavy (non-hydrogen) atoms. The number of nitrogens with zero attached hydrogens (tertiary/aromatic N) is 3. The predicted molar refractivity (Wildman–Crippen MR) is 114 cm³/mol. The van der Waals surface area contributed by atoms with Crippen LogP contribution in [-0.2, 0) is 0 Å². The van der Waals surface area contributed by atoms with Crippen LogP contribution in [0.25, 0.3) is 6.08 Å². The molecule has 4 heteroatoms. The maximum atomic E-state index is 8.91. The molecular weight excluding hydrogens is 346 g/mol. The van der Waals surface area contributed by atoms with Crippen molar-refractivity contribution < 1.29 is 4.74 Å². The van der Waals surface area contributed by atoms with Gasteiger partial charge in [-0.25, -0.2) is 0 Å². The summed E-state index contributed by atoms with van der Waals surface area (Å²) in [4.78, 5) is 2.26. The van der Waals surface area contributed by atoms with Gasteiger partial charge in [-0.2, -0.15) is 10.5 Å². The Hall–Kier alpha value is -3.24. The minimum absolute atomic E-state index is 0.101. The van der Waals surface area contributed by atoms with Crippen molar-refractivity contribution in [3.8, 4) is 17.9 Å². The number of anilines is 2. The summed E-state index contributed by atoms with van der Waals surface area (Å²) in [6.45, 7) is 10.2. The molecule has 0 aromatic heterocycles. The molecule has 0 aliphatic rings. The number of rotatable bonds is 8. The fourth-order valence-corrected chi connectivity index (χ4v) is 2.72. The third-order valence-corrected chi connectivity index (χ3v) is 4.04. The van der Waals surface area contributed by atoms with E-state index in [0.29, 0.717) is 18.4 Å². The maximum absolute atomic E-state index is 8.91. The zero-order valence-electron chi connectivity index (χ0n) is 17.0. The lowest BCUT2D eigenvalue weighted by Crippen LogP contribution is -2.22. The number of ether oxygens (including phenoxy) is 1. The average Bonchev–Trinajstić information content (AvgIpc) is 2.69. The SMILES string of the molecule is CC(C)COc1ccc(N(CC(C)C)c2ccc(C=C(C#N)C#N)cc2)cc1. The van der Waals surface area contributed by atoms with Gasteiger partial charge in [0.05, 0.1) is 6.61 Å². The van der Waals surface area contributed by atoms with E-state index in [-0.39, 0.29) is 5.57 Å². The molecule has 2 aromatic rings. The highest BCUT2D eigenvalue weighted by atomic mass is 16.5. The second-order valence-corrected chi connectivity index (χ2v) is 7.58. The van der Waals surface area contributed by atoms with E-state index in [9.17, 15) is 0 Å². The van der Waals surface area contributed by atoms with E-state index in [1.54, 1.807) is 6.08 Å². The van der Waals surface area contributed by atoms with Gasteiger partial charge in [-0.05, 0) is 59.9 Å². The second-order valence-electron chi connectivity index (χ2n) is 7.58. The third-order valence-electron chi connectivity index (χ3n) is 4.04. The van der Waals surface area contributed by atoms with Gasteiger partial charge in [0.25, 0.3) is 0 Å². The van der Waals surface area contributed by atoms with Crippen LogP contribution in [0, 0.1) is 34.5 Å². The Labute approximate surface area is 168 Å². The van der Waals surface area contributed by atoms with Gasteiger partial charge in [-0.1, -0.05) is 39.8 Å². The maximum Gasteiger partial charge on any atom is 0.130 e. The van der Waals surface area contributed by atoms with Gasteiger partial charge in [-0.15, -0.1) is 0 Å². The molecule has 0 N–H and O–H groups in total. The third kappa shape index (κ3) is 6.18. The van der Waals surface area contributed by atoms with Gasteiger partial charge in [-0.3, -0.25) is 0 Å². The second kappa shape index (κ2) is 10.2. The normalized spacial score (nSPS) is 10.3. The van der Waals surface area contributed by atoms with Crippen molar-refractivity contribution in [2.75, 3.05) is 18.1 Å². The molecule has 0 atom stereocenters. The highest BCUT2D eigenvalue weighted by Crippen LogP contribution is 2.29. The first-order valence-corrected chi connectivity index (χ1v) is 9.55. The number of benzene rings is 2. The first-order chi connectivity index (χ1) is 13.4. The van der Waals surface area contributed by atoms with Crippen molar-refractivity contribution >= 4 is 17.5 Å². The number of hydrogen-bond acceptors (Lipinski definition) is 4. The van der Waals surface area contributed by atoms with Crippen LogP contribution in [0.15, 0.2) is 54.1 Å². The Kier molecular flexibility index (Phi) is 7.66. The highest BCUT2D eigenvalue weighted by molar-refractivity contribution is 5.68. The minimum atomic E-state index is 0.101. The van der Waals surface area contributed by atoms with E-state index in [1.165, 1.54) is 0 Å². The van der Waals surface area contributed by atoms with E-state index >= 15 is 0 Å². The van der Waals surface area contributed by atoms with Crippen molar-refractivity contribution in [3.05, 3.63) is 59.7 Å². The number of nitriles is 2. The van der Waals surface area contributed by atoms with Crippen LogP contribution in [-0.4, -0.2) is 13.2 Å². The van der Waals surface area contributed by atoms with Gasteiger partial charge < -0.3 is 9.64 Å². The summed E-state index contributed by atoms with van der Waals surface area (Å²) in [5.41, 5.74) is 3.10. The summed E-state index contributed by atoms with van der Waals surface area (Å²) in [6.07, 6.45) is 1.59. The van der Waals surface area contributed by atoms with Crippen LogP contribution in [0.3, 0.4) is 0 Å². The lowest BCUT2D eigenvalue weighted by Gasteiger charge is -2.27. The highest BCUT2D eigenvalue weighted by Gasteiger charge is 2.12. The molecule has 2 rings (SSSR count). The monoisotopic (exact) mass is 373 g/mol.